The Morgan fingerprint density at radius 2 is 1.81 bits per heavy atom. The first-order valence-corrected chi connectivity index (χ1v) is 10.2. The third kappa shape index (κ3) is 6.21. The van der Waals surface area contributed by atoms with Crippen molar-refractivity contribution >= 4 is 50.7 Å². The zero-order valence-electron chi connectivity index (χ0n) is 14.2. The van der Waals surface area contributed by atoms with E-state index in [4.69, 9.17) is 28.3 Å². The molecule has 0 saturated carbocycles. The van der Waals surface area contributed by atoms with Crippen molar-refractivity contribution in [3.63, 3.8) is 0 Å². The van der Waals surface area contributed by atoms with E-state index in [0.29, 0.717) is 11.3 Å². The van der Waals surface area contributed by atoms with Gasteiger partial charge in [0, 0.05) is 5.69 Å². The molecule has 0 aromatic heterocycles. The van der Waals surface area contributed by atoms with Gasteiger partial charge in [0.15, 0.2) is 0 Å². The summed E-state index contributed by atoms with van der Waals surface area (Å²) in [6.45, 7) is 1.50. The Balaban J connectivity index is 2.04. The minimum absolute atomic E-state index is 0.0972. The maximum atomic E-state index is 12.3. The normalized spacial score (nSPS) is 12.3. The van der Waals surface area contributed by atoms with Crippen LogP contribution in [0.5, 0.6) is 0 Å². The predicted octanol–water partition coefficient (Wildman–Crippen LogP) is 2.54. The van der Waals surface area contributed by atoms with E-state index in [2.05, 4.69) is 10.6 Å². The molecule has 0 saturated heterocycles. The number of anilines is 1. The second-order valence-corrected chi connectivity index (χ2v) is 8.19. The van der Waals surface area contributed by atoms with Crippen LogP contribution in [0.4, 0.5) is 5.69 Å². The van der Waals surface area contributed by atoms with Crippen molar-refractivity contribution in [1.29, 1.82) is 0 Å². The van der Waals surface area contributed by atoms with Crippen molar-refractivity contribution in [2.24, 2.45) is 5.14 Å². The summed E-state index contributed by atoms with van der Waals surface area (Å²) in [7, 11) is -3.69. The highest BCUT2D eigenvalue weighted by molar-refractivity contribution is 7.88. The first-order valence-electron chi connectivity index (χ1n) is 7.72. The number of nitrogens with two attached hydrogens (primary N) is 1. The SMILES string of the molecule is CC(NC(=O)c1cccc(Cl)c1Cl)C(=O)Nc1cccc(CS(N)(=O)=O)c1. The van der Waals surface area contributed by atoms with Gasteiger partial charge in [0.1, 0.15) is 6.04 Å². The molecule has 1 atom stereocenters. The fourth-order valence-corrected chi connectivity index (χ4v) is 3.27. The molecule has 7 nitrogen and oxygen atoms in total. The molecule has 0 heterocycles. The van der Waals surface area contributed by atoms with Crippen LogP contribution in [0.2, 0.25) is 10.0 Å². The summed E-state index contributed by atoms with van der Waals surface area (Å²) in [5.41, 5.74) is 0.958. The Bertz CT molecular complexity index is 980. The number of hydrogen-bond donors (Lipinski definition) is 3. The Labute approximate surface area is 166 Å². The molecule has 2 rings (SSSR count). The number of hydrogen-bond acceptors (Lipinski definition) is 4. The lowest BCUT2D eigenvalue weighted by molar-refractivity contribution is -0.117. The van der Waals surface area contributed by atoms with Crippen molar-refractivity contribution in [2.75, 3.05) is 5.32 Å². The second kappa shape index (κ2) is 8.71. The zero-order chi connectivity index (χ0) is 20.2. The highest BCUT2D eigenvalue weighted by Gasteiger charge is 2.19. The van der Waals surface area contributed by atoms with Crippen molar-refractivity contribution in [2.45, 2.75) is 18.7 Å². The first-order chi connectivity index (χ1) is 12.6. The number of amides is 2. The highest BCUT2D eigenvalue weighted by Crippen LogP contribution is 2.25. The standard InChI is InChI=1S/C17H17Cl2N3O4S/c1-10(21-17(24)13-6-3-7-14(18)15(13)19)16(23)22-12-5-2-4-11(8-12)9-27(20,25)26/h2-8,10H,9H2,1H3,(H,21,24)(H,22,23)(H2,20,25,26). The topological polar surface area (TPSA) is 118 Å². The molecule has 144 valence electrons. The van der Waals surface area contributed by atoms with E-state index < -0.39 is 27.9 Å². The van der Waals surface area contributed by atoms with E-state index in [9.17, 15) is 18.0 Å². The van der Waals surface area contributed by atoms with Gasteiger partial charge in [-0.2, -0.15) is 0 Å². The van der Waals surface area contributed by atoms with Gasteiger partial charge in [0.05, 0.1) is 21.4 Å². The molecule has 0 spiro atoms. The van der Waals surface area contributed by atoms with Gasteiger partial charge in [-0.05, 0) is 36.8 Å². The lowest BCUT2D eigenvalue weighted by Crippen LogP contribution is -2.41. The van der Waals surface area contributed by atoms with Gasteiger partial charge in [-0.25, -0.2) is 13.6 Å². The van der Waals surface area contributed by atoms with Crippen LogP contribution in [-0.2, 0) is 20.6 Å². The monoisotopic (exact) mass is 429 g/mol. The summed E-state index contributed by atoms with van der Waals surface area (Å²) in [6.07, 6.45) is 0. The van der Waals surface area contributed by atoms with Crippen LogP contribution in [-0.4, -0.2) is 26.3 Å². The maximum Gasteiger partial charge on any atom is 0.253 e. The van der Waals surface area contributed by atoms with Gasteiger partial charge >= 0.3 is 0 Å². The van der Waals surface area contributed by atoms with E-state index in [-0.39, 0.29) is 21.4 Å². The predicted molar refractivity (Wildman–Crippen MR) is 105 cm³/mol. The van der Waals surface area contributed by atoms with Gasteiger partial charge in [-0.3, -0.25) is 9.59 Å². The highest BCUT2D eigenvalue weighted by atomic mass is 35.5. The van der Waals surface area contributed by atoms with E-state index in [1.165, 1.54) is 19.1 Å². The van der Waals surface area contributed by atoms with E-state index in [0.717, 1.165) is 0 Å². The molecular formula is C17H17Cl2N3O4S. The molecule has 0 aliphatic heterocycles. The van der Waals surface area contributed by atoms with Crippen molar-refractivity contribution in [1.82, 2.24) is 5.32 Å². The Morgan fingerprint density at radius 3 is 2.48 bits per heavy atom. The van der Waals surface area contributed by atoms with Crippen molar-refractivity contribution < 1.29 is 18.0 Å². The number of nitrogens with one attached hydrogen (secondary N) is 2. The lowest BCUT2D eigenvalue weighted by Gasteiger charge is -2.15. The minimum atomic E-state index is -3.69. The zero-order valence-corrected chi connectivity index (χ0v) is 16.5. The van der Waals surface area contributed by atoms with Crippen LogP contribution in [0.3, 0.4) is 0 Å². The van der Waals surface area contributed by atoms with Gasteiger partial charge in [0.2, 0.25) is 15.9 Å². The van der Waals surface area contributed by atoms with Gasteiger partial charge in [-0.1, -0.05) is 41.4 Å². The minimum Gasteiger partial charge on any atom is -0.340 e. The van der Waals surface area contributed by atoms with E-state index in [1.807, 2.05) is 0 Å². The second-order valence-electron chi connectivity index (χ2n) is 5.79. The molecule has 10 heteroatoms. The number of sulfonamides is 1. The van der Waals surface area contributed by atoms with Gasteiger partial charge in [-0.15, -0.1) is 0 Å². The molecule has 0 fully saturated rings. The molecule has 2 amide bonds. The molecular weight excluding hydrogens is 413 g/mol. The molecule has 2 aromatic rings. The van der Waals surface area contributed by atoms with Crippen LogP contribution >= 0.6 is 23.2 Å². The number of carbonyl (C=O) groups is 2. The Kier molecular flexibility index (Phi) is 6.83. The molecule has 0 bridgehead atoms. The smallest absolute Gasteiger partial charge is 0.253 e. The average Bonchev–Trinajstić information content (AvgIpc) is 2.55. The summed E-state index contributed by atoms with van der Waals surface area (Å²) in [5.74, 6) is -1.39. The molecule has 27 heavy (non-hydrogen) atoms. The molecule has 0 aliphatic carbocycles. The van der Waals surface area contributed by atoms with E-state index >= 15 is 0 Å². The summed E-state index contributed by atoms with van der Waals surface area (Å²) in [4.78, 5) is 24.6. The van der Waals surface area contributed by atoms with Gasteiger partial charge < -0.3 is 10.6 Å². The third-order valence-corrected chi connectivity index (χ3v) is 5.05. The summed E-state index contributed by atoms with van der Waals surface area (Å²) in [6, 6.07) is 9.98. The summed E-state index contributed by atoms with van der Waals surface area (Å²) < 4.78 is 22.3. The first kappa shape index (κ1) is 21.2. The number of carbonyl (C=O) groups excluding carboxylic acids is 2. The molecule has 0 aliphatic rings. The number of halogens is 2. The molecule has 2 aromatic carbocycles. The Morgan fingerprint density at radius 1 is 1.15 bits per heavy atom. The van der Waals surface area contributed by atoms with Crippen LogP contribution in [0, 0.1) is 0 Å². The lowest BCUT2D eigenvalue weighted by atomic mass is 10.2. The van der Waals surface area contributed by atoms with Crippen LogP contribution < -0.4 is 15.8 Å². The van der Waals surface area contributed by atoms with Crippen molar-refractivity contribution in [3.8, 4) is 0 Å². The third-order valence-electron chi connectivity index (χ3n) is 3.50. The van der Waals surface area contributed by atoms with Crippen LogP contribution in [0.15, 0.2) is 42.5 Å². The quantitative estimate of drug-likeness (QED) is 0.653. The average molecular weight is 430 g/mol. The van der Waals surface area contributed by atoms with Gasteiger partial charge in [0.25, 0.3) is 5.91 Å². The Hall–Kier alpha value is -2.13. The van der Waals surface area contributed by atoms with Crippen molar-refractivity contribution in [3.05, 3.63) is 63.6 Å². The van der Waals surface area contributed by atoms with E-state index in [1.54, 1.807) is 30.3 Å². The fourth-order valence-electron chi connectivity index (χ4n) is 2.24. The fraction of sp³-hybridized carbons (Fsp3) is 0.176. The molecule has 4 N–H and O–H groups in total. The number of rotatable bonds is 6. The summed E-state index contributed by atoms with van der Waals surface area (Å²) >= 11 is 11.9. The maximum absolute atomic E-state index is 12.3. The van der Waals surface area contributed by atoms with Crippen LogP contribution in [0.25, 0.3) is 0 Å². The number of primary sulfonamides is 1. The molecule has 1 unspecified atom stereocenters. The summed E-state index contributed by atoms with van der Waals surface area (Å²) in [5, 5.41) is 10.5. The number of benzene rings is 2. The van der Waals surface area contributed by atoms with Crippen LogP contribution in [0.1, 0.15) is 22.8 Å². The molecule has 0 radical (unpaired) electrons. The largest absolute Gasteiger partial charge is 0.340 e.